The van der Waals surface area contributed by atoms with Crippen molar-refractivity contribution in [1.29, 1.82) is 0 Å². The summed E-state index contributed by atoms with van der Waals surface area (Å²) < 4.78 is 31.9. The molecule has 3 rings (SSSR count). The van der Waals surface area contributed by atoms with Gasteiger partial charge in [0.25, 0.3) is 0 Å². The molecule has 122 valence electrons. The first-order valence-corrected chi connectivity index (χ1v) is 9.32. The van der Waals surface area contributed by atoms with Gasteiger partial charge in [0.05, 0.1) is 11.5 Å². The van der Waals surface area contributed by atoms with Crippen molar-refractivity contribution in [2.24, 2.45) is 0 Å². The number of hydrogen-bond donors (Lipinski definition) is 0. The summed E-state index contributed by atoms with van der Waals surface area (Å²) in [6.45, 7) is 2.22. The highest BCUT2D eigenvalue weighted by molar-refractivity contribution is 7.89. The van der Waals surface area contributed by atoms with Crippen molar-refractivity contribution in [3.8, 4) is 0 Å². The fourth-order valence-electron chi connectivity index (χ4n) is 2.78. The van der Waals surface area contributed by atoms with Gasteiger partial charge in [-0.3, -0.25) is 0 Å². The van der Waals surface area contributed by atoms with Crippen molar-refractivity contribution in [3.05, 3.63) is 65.7 Å². The first-order valence-electron chi connectivity index (χ1n) is 7.87. The maximum atomic E-state index is 12.4. The molecule has 0 aliphatic carbocycles. The van der Waals surface area contributed by atoms with Gasteiger partial charge in [0.2, 0.25) is 10.0 Å². The average molecular weight is 331 g/mol. The molecule has 0 radical (unpaired) electrons. The third-order valence-electron chi connectivity index (χ3n) is 4.01. The topological polar surface area (TPSA) is 46.6 Å². The smallest absolute Gasteiger partial charge is 0.243 e. The summed E-state index contributed by atoms with van der Waals surface area (Å²) in [6.07, 6.45) is 1.59. The normalized spacial score (nSPS) is 16.3. The highest BCUT2D eigenvalue weighted by Gasteiger charge is 2.33. The van der Waals surface area contributed by atoms with Gasteiger partial charge in [0.15, 0.2) is 0 Å². The van der Waals surface area contributed by atoms with Gasteiger partial charge in [-0.15, -0.1) is 0 Å². The summed E-state index contributed by atoms with van der Waals surface area (Å²) in [5.74, 6) is 0. The van der Waals surface area contributed by atoms with E-state index in [0.29, 0.717) is 37.6 Å². The van der Waals surface area contributed by atoms with Crippen LogP contribution in [0.15, 0.2) is 59.5 Å². The van der Waals surface area contributed by atoms with Crippen LogP contribution in [0.25, 0.3) is 0 Å². The lowest BCUT2D eigenvalue weighted by molar-refractivity contribution is 0.130. The maximum absolute atomic E-state index is 12.4. The monoisotopic (exact) mass is 331 g/mol. The second kappa shape index (κ2) is 7.25. The SMILES string of the molecule is O=S1(=O)c2ccccc2CN1CCCOCCc1ccccc1. The first-order chi connectivity index (χ1) is 11.2. The van der Waals surface area contributed by atoms with Crippen molar-refractivity contribution in [2.45, 2.75) is 24.3 Å². The molecule has 0 spiro atoms. The van der Waals surface area contributed by atoms with Crippen LogP contribution in [0.1, 0.15) is 17.5 Å². The van der Waals surface area contributed by atoms with Crippen LogP contribution in [0.5, 0.6) is 0 Å². The van der Waals surface area contributed by atoms with Crippen molar-refractivity contribution < 1.29 is 13.2 Å². The summed E-state index contributed by atoms with van der Waals surface area (Å²) in [4.78, 5) is 0.449. The van der Waals surface area contributed by atoms with Crippen LogP contribution in [0.4, 0.5) is 0 Å². The van der Waals surface area contributed by atoms with Gasteiger partial charge in [-0.05, 0) is 30.0 Å². The van der Waals surface area contributed by atoms with E-state index in [9.17, 15) is 8.42 Å². The Balaban J connectivity index is 1.40. The van der Waals surface area contributed by atoms with Crippen molar-refractivity contribution in [3.63, 3.8) is 0 Å². The third kappa shape index (κ3) is 3.80. The Hall–Kier alpha value is -1.69. The van der Waals surface area contributed by atoms with Gasteiger partial charge < -0.3 is 4.74 Å². The van der Waals surface area contributed by atoms with Crippen LogP contribution in [0, 0.1) is 0 Å². The number of ether oxygens (including phenoxy) is 1. The molecule has 0 aromatic heterocycles. The van der Waals surface area contributed by atoms with E-state index in [0.717, 1.165) is 12.0 Å². The number of rotatable bonds is 7. The van der Waals surface area contributed by atoms with Gasteiger partial charge in [0.1, 0.15) is 0 Å². The van der Waals surface area contributed by atoms with Crippen LogP contribution in [-0.2, 0) is 27.7 Å². The van der Waals surface area contributed by atoms with E-state index in [2.05, 4.69) is 12.1 Å². The molecule has 2 aromatic carbocycles. The molecule has 0 saturated carbocycles. The van der Waals surface area contributed by atoms with E-state index in [1.807, 2.05) is 30.3 Å². The average Bonchev–Trinajstić information content (AvgIpc) is 2.83. The van der Waals surface area contributed by atoms with E-state index in [4.69, 9.17) is 4.74 Å². The van der Waals surface area contributed by atoms with E-state index >= 15 is 0 Å². The fraction of sp³-hybridized carbons (Fsp3) is 0.333. The standard InChI is InChI=1S/C18H21NO3S/c20-23(21)18-10-5-4-9-17(18)15-19(23)12-6-13-22-14-11-16-7-2-1-3-8-16/h1-5,7-10H,6,11-15H2. The Morgan fingerprint density at radius 1 is 0.957 bits per heavy atom. The molecular formula is C18H21NO3S. The summed E-state index contributed by atoms with van der Waals surface area (Å²) in [7, 11) is -3.30. The first kappa shape index (κ1) is 16.2. The molecule has 1 aliphatic rings. The summed E-state index contributed by atoms with van der Waals surface area (Å²) in [5.41, 5.74) is 2.14. The van der Waals surface area contributed by atoms with Gasteiger partial charge in [0, 0.05) is 19.7 Å². The van der Waals surface area contributed by atoms with Crippen molar-refractivity contribution in [1.82, 2.24) is 4.31 Å². The van der Waals surface area contributed by atoms with Gasteiger partial charge >= 0.3 is 0 Å². The molecular weight excluding hydrogens is 310 g/mol. The minimum atomic E-state index is -3.30. The Kier molecular flexibility index (Phi) is 5.10. The van der Waals surface area contributed by atoms with Crippen LogP contribution in [-0.4, -0.2) is 32.5 Å². The van der Waals surface area contributed by atoms with E-state index < -0.39 is 10.0 Å². The molecule has 0 atom stereocenters. The number of hydrogen-bond acceptors (Lipinski definition) is 3. The third-order valence-corrected chi connectivity index (χ3v) is 5.96. The number of sulfonamides is 1. The Morgan fingerprint density at radius 2 is 1.70 bits per heavy atom. The summed E-state index contributed by atoms with van der Waals surface area (Å²) in [5, 5.41) is 0. The number of benzene rings is 2. The van der Waals surface area contributed by atoms with Gasteiger partial charge in [-0.2, -0.15) is 4.31 Å². The van der Waals surface area contributed by atoms with Gasteiger partial charge in [-0.1, -0.05) is 48.5 Å². The number of fused-ring (bicyclic) bond motifs is 1. The lowest BCUT2D eigenvalue weighted by Crippen LogP contribution is -2.26. The molecule has 0 N–H and O–H groups in total. The molecule has 0 bridgehead atoms. The number of nitrogens with zero attached hydrogens (tertiary/aromatic N) is 1. The van der Waals surface area contributed by atoms with E-state index in [-0.39, 0.29) is 0 Å². The fourth-order valence-corrected chi connectivity index (χ4v) is 4.45. The molecule has 1 aliphatic heterocycles. The summed E-state index contributed by atoms with van der Waals surface area (Å²) in [6, 6.07) is 17.4. The zero-order chi connectivity index (χ0) is 16.1. The second-order valence-electron chi connectivity index (χ2n) is 5.65. The molecule has 4 nitrogen and oxygen atoms in total. The minimum absolute atomic E-state index is 0.449. The predicted molar refractivity (Wildman–Crippen MR) is 89.6 cm³/mol. The molecule has 5 heteroatoms. The lowest BCUT2D eigenvalue weighted by Gasteiger charge is -2.14. The van der Waals surface area contributed by atoms with Crippen LogP contribution < -0.4 is 0 Å². The Bertz CT molecular complexity index is 744. The lowest BCUT2D eigenvalue weighted by atomic mass is 10.2. The van der Waals surface area contributed by atoms with Crippen molar-refractivity contribution in [2.75, 3.05) is 19.8 Å². The second-order valence-corrected chi connectivity index (χ2v) is 7.55. The molecule has 23 heavy (non-hydrogen) atoms. The van der Waals surface area contributed by atoms with E-state index in [1.165, 1.54) is 9.87 Å². The van der Waals surface area contributed by atoms with Crippen LogP contribution in [0.3, 0.4) is 0 Å². The molecule has 1 heterocycles. The highest BCUT2D eigenvalue weighted by Crippen LogP contribution is 2.29. The Labute approximate surface area is 137 Å². The maximum Gasteiger partial charge on any atom is 0.243 e. The zero-order valence-corrected chi connectivity index (χ0v) is 13.8. The van der Waals surface area contributed by atoms with Crippen LogP contribution in [0.2, 0.25) is 0 Å². The van der Waals surface area contributed by atoms with Crippen molar-refractivity contribution >= 4 is 10.0 Å². The molecule has 0 amide bonds. The van der Waals surface area contributed by atoms with Gasteiger partial charge in [-0.25, -0.2) is 8.42 Å². The molecule has 0 saturated heterocycles. The van der Waals surface area contributed by atoms with E-state index in [1.54, 1.807) is 12.1 Å². The minimum Gasteiger partial charge on any atom is -0.381 e. The highest BCUT2D eigenvalue weighted by atomic mass is 32.2. The molecule has 0 fully saturated rings. The molecule has 2 aromatic rings. The quantitative estimate of drug-likeness (QED) is 0.733. The zero-order valence-electron chi connectivity index (χ0n) is 13.0. The Morgan fingerprint density at radius 3 is 2.48 bits per heavy atom. The summed E-state index contributed by atoms with van der Waals surface area (Å²) >= 11 is 0. The molecule has 0 unspecified atom stereocenters. The van der Waals surface area contributed by atoms with Crippen LogP contribution >= 0.6 is 0 Å². The largest absolute Gasteiger partial charge is 0.381 e. The predicted octanol–water partition coefficient (Wildman–Crippen LogP) is 2.84.